The predicted molar refractivity (Wildman–Crippen MR) is 83.1 cm³/mol. The number of pyridine rings is 1. The molecule has 5 nitrogen and oxygen atoms in total. The molecule has 2 aliphatic heterocycles. The third kappa shape index (κ3) is 3.94. The van der Waals surface area contributed by atoms with Gasteiger partial charge in [-0.2, -0.15) is 0 Å². The van der Waals surface area contributed by atoms with Crippen molar-refractivity contribution in [3.05, 3.63) is 24.4 Å². The SMILES string of the molecule is O=C1CCCN1CCN1CC[C@@H](CNc2ccccn2)C1. The maximum Gasteiger partial charge on any atom is 0.222 e. The Morgan fingerprint density at radius 1 is 1.29 bits per heavy atom. The molecule has 1 atom stereocenters. The lowest BCUT2D eigenvalue weighted by Crippen LogP contribution is -2.35. The second-order valence-corrected chi connectivity index (χ2v) is 6.04. The van der Waals surface area contributed by atoms with E-state index < -0.39 is 0 Å². The molecule has 21 heavy (non-hydrogen) atoms. The Hall–Kier alpha value is -1.62. The Bertz CT molecular complexity index is 465. The van der Waals surface area contributed by atoms with Gasteiger partial charge in [0, 0.05) is 45.3 Å². The van der Waals surface area contributed by atoms with Crippen molar-refractivity contribution in [1.29, 1.82) is 0 Å². The first-order chi connectivity index (χ1) is 10.3. The summed E-state index contributed by atoms with van der Waals surface area (Å²) in [5, 5.41) is 3.41. The molecule has 2 aliphatic rings. The van der Waals surface area contributed by atoms with Gasteiger partial charge in [0.2, 0.25) is 5.91 Å². The molecule has 0 aliphatic carbocycles. The van der Waals surface area contributed by atoms with Crippen molar-refractivity contribution in [2.75, 3.05) is 44.6 Å². The van der Waals surface area contributed by atoms with Gasteiger partial charge in [0.05, 0.1) is 0 Å². The van der Waals surface area contributed by atoms with E-state index in [1.165, 1.54) is 6.42 Å². The summed E-state index contributed by atoms with van der Waals surface area (Å²) in [7, 11) is 0. The van der Waals surface area contributed by atoms with Crippen LogP contribution in [-0.2, 0) is 4.79 Å². The van der Waals surface area contributed by atoms with Gasteiger partial charge in [0.1, 0.15) is 5.82 Å². The van der Waals surface area contributed by atoms with Crippen molar-refractivity contribution in [2.24, 2.45) is 5.92 Å². The largest absolute Gasteiger partial charge is 0.370 e. The van der Waals surface area contributed by atoms with E-state index in [0.717, 1.165) is 57.9 Å². The highest BCUT2D eigenvalue weighted by Gasteiger charge is 2.24. The van der Waals surface area contributed by atoms with Crippen molar-refractivity contribution in [3.63, 3.8) is 0 Å². The van der Waals surface area contributed by atoms with Gasteiger partial charge in [-0.05, 0) is 37.4 Å². The van der Waals surface area contributed by atoms with Crippen LogP contribution < -0.4 is 5.32 Å². The fourth-order valence-corrected chi connectivity index (χ4v) is 3.20. The second kappa shape index (κ2) is 6.89. The summed E-state index contributed by atoms with van der Waals surface area (Å²) in [6.45, 7) is 6.14. The first kappa shape index (κ1) is 14.3. The number of hydrogen-bond acceptors (Lipinski definition) is 4. The molecule has 3 rings (SSSR count). The molecule has 0 spiro atoms. The van der Waals surface area contributed by atoms with Gasteiger partial charge in [-0.1, -0.05) is 6.07 Å². The van der Waals surface area contributed by atoms with Gasteiger partial charge in [-0.25, -0.2) is 4.98 Å². The molecule has 114 valence electrons. The summed E-state index contributed by atoms with van der Waals surface area (Å²) in [5.74, 6) is 1.97. The Balaban J connectivity index is 1.36. The number of rotatable bonds is 6. The number of carbonyl (C=O) groups is 1. The molecule has 5 heteroatoms. The molecule has 1 N–H and O–H groups in total. The third-order valence-electron chi connectivity index (χ3n) is 4.46. The minimum absolute atomic E-state index is 0.336. The minimum Gasteiger partial charge on any atom is -0.370 e. The summed E-state index contributed by atoms with van der Waals surface area (Å²) < 4.78 is 0. The van der Waals surface area contributed by atoms with Crippen molar-refractivity contribution >= 4 is 11.7 Å². The maximum atomic E-state index is 11.6. The predicted octanol–water partition coefficient (Wildman–Crippen LogP) is 1.44. The average molecular weight is 288 g/mol. The fraction of sp³-hybridized carbons (Fsp3) is 0.625. The highest BCUT2D eigenvalue weighted by Crippen LogP contribution is 2.17. The lowest BCUT2D eigenvalue weighted by molar-refractivity contribution is -0.127. The van der Waals surface area contributed by atoms with Crippen LogP contribution in [0.15, 0.2) is 24.4 Å². The molecule has 1 aromatic heterocycles. The van der Waals surface area contributed by atoms with Crippen LogP contribution in [-0.4, -0.2) is 60.0 Å². The molecule has 0 unspecified atom stereocenters. The quantitative estimate of drug-likeness (QED) is 0.860. The summed E-state index contributed by atoms with van der Waals surface area (Å²) in [6.07, 6.45) is 4.83. The third-order valence-corrected chi connectivity index (χ3v) is 4.46. The van der Waals surface area contributed by atoms with Crippen LogP contribution in [0.3, 0.4) is 0 Å². The number of nitrogens with one attached hydrogen (secondary N) is 1. The monoisotopic (exact) mass is 288 g/mol. The van der Waals surface area contributed by atoms with Crippen molar-refractivity contribution < 1.29 is 4.79 Å². The molecule has 1 amide bonds. The zero-order valence-electron chi connectivity index (χ0n) is 12.5. The highest BCUT2D eigenvalue weighted by atomic mass is 16.2. The van der Waals surface area contributed by atoms with Crippen LogP contribution >= 0.6 is 0 Å². The molecule has 1 aromatic rings. The fourth-order valence-electron chi connectivity index (χ4n) is 3.20. The molecular weight excluding hydrogens is 264 g/mol. The summed E-state index contributed by atoms with van der Waals surface area (Å²) >= 11 is 0. The zero-order chi connectivity index (χ0) is 14.5. The average Bonchev–Trinajstić information content (AvgIpc) is 3.13. The molecule has 2 fully saturated rings. The van der Waals surface area contributed by atoms with Crippen LogP contribution in [0.4, 0.5) is 5.82 Å². The van der Waals surface area contributed by atoms with Gasteiger partial charge >= 0.3 is 0 Å². The Labute approximate surface area is 126 Å². The maximum absolute atomic E-state index is 11.6. The molecule has 2 saturated heterocycles. The van der Waals surface area contributed by atoms with Crippen LogP contribution in [0, 0.1) is 5.92 Å². The molecule has 0 radical (unpaired) electrons. The lowest BCUT2D eigenvalue weighted by atomic mass is 10.1. The standard InChI is InChI=1S/C16H24N4O/c21-16-5-3-8-20(16)11-10-19-9-6-14(13-19)12-18-15-4-1-2-7-17-15/h1-2,4,7,14H,3,5-6,8-13H2,(H,17,18)/t14-/m0/s1. The Kier molecular flexibility index (Phi) is 4.70. The van der Waals surface area contributed by atoms with Crippen molar-refractivity contribution in [3.8, 4) is 0 Å². The van der Waals surface area contributed by atoms with Crippen LogP contribution in [0.2, 0.25) is 0 Å². The number of anilines is 1. The van der Waals surface area contributed by atoms with E-state index in [4.69, 9.17) is 0 Å². The number of carbonyl (C=O) groups excluding carboxylic acids is 1. The first-order valence-electron chi connectivity index (χ1n) is 7.96. The van der Waals surface area contributed by atoms with E-state index in [1.807, 2.05) is 29.3 Å². The normalized spacial score (nSPS) is 23.0. The van der Waals surface area contributed by atoms with Crippen molar-refractivity contribution in [2.45, 2.75) is 19.3 Å². The number of likely N-dealkylation sites (tertiary alicyclic amines) is 2. The van der Waals surface area contributed by atoms with Crippen molar-refractivity contribution in [1.82, 2.24) is 14.8 Å². The van der Waals surface area contributed by atoms with Gasteiger partial charge in [0.15, 0.2) is 0 Å². The Morgan fingerprint density at radius 3 is 3.00 bits per heavy atom. The van der Waals surface area contributed by atoms with Gasteiger partial charge in [-0.3, -0.25) is 4.79 Å². The second-order valence-electron chi connectivity index (χ2n) is 6.04. The van der Waals surface area contributed by atoms with E-state index in [9.17, 15) is 4.79 Å². The zero-order valence-corrected chi connectivity index (χ0v) is 12.5. The van der Waals surface area contributed by atoms with E-state index in [-0.39, 0.29) is 0 Å². The molecular formula is C16H24N4O. The van der Waals surface area contributed by atoms with E-state index in [1.54, 1.807) is 0 Å². The topological polar surface area (TPSA) is 48.5 Å². The smallest absolute Gasteiger partial charge is 0.222 e. The van der Waals surface area contributed by atoms with Crippen LogP contribution in [0.25, 0.3) is 0 Å². The Morgan fingerprint density at radius 2 is 2.24 bits per heavy atom. The summed E-state index contributed by atoms with van der Waals surface area (Å²) in [6, 6.07) is 5.94. The molecule has 0 aromatic carbocycles. The van der Waals surface area contributed by atoms with E-state index in [2.05, 4.69) is 15.2 Å². The lowest BCUT2D eigenvalue weighted by Gasteiger charge is -2.21. The number of hydrogen-bond donors (Lipinski definition) is 1. The molecule has 0 bridgehead atoms. The highest BCUT2D eigenvalue weighted by molar-refractivity contribution is 5.78. The minimum atomic E-state index is 0.336. The number of nitrogens with zero attached hydrogens (tertiary/aromatic N) is 3. The van der Waals surface area contributed by atoms with E-state index in [0.29, 0.717) is 11.8 Å². The van der Waals surface area contributed by atoms with Gasteiger partial charge in [-0.15, -0.1) is 0 Å². The van der Waals surface area contributed by atoms with E-state index >= 15 is 0 Å². The van der Waals surface area contributed by atoms with Crippen LogP contribution in [0.5, 0.6) is 0 Å². The van der Waals surface area contributed by atoms with Gasteiger partial charge < -0.3 is 15.1 Å². The number of amides is 1. The number of aromatic nitrogens is 1. The van der Waals surface area contributed by atoms with Crippen LogP contribution in [0.1, 0.15) is 19.3 Å². The summed E-state index contributed by atoms with van der Waals surface area (Å²) in [4.78, 5) is 20.4. The molecule has 3 heterocycles. The first-order valence-corrected chi connectivity index (χ1v) is 7.96. The molecule has 0 saturated carbocycles. The summed E-state index contributed by atoms with van der Waals surface area (Å²) in [5.41, 5.74) is 0. The van der Waals surface area contributed by atoms with Gasteiger partial charge in [0.25, 0.3) is 0 Å².